The molecule has 1 unspecified atom stereocenters. The minimum absolute atomic E-state index is 0.120. The molecule has 1 aromatic rings. The Balaban J connectivity index is 2.33. The van der Waals surface area contributed by atoms with Crippen molar-refractivity contribution < 1.29 is 13.5 Å². The summed E-state index contributed by atoms with van der Waals surface area (Å²) in [6.07, 6.45) is 3.11. The van der Waals surface area contributed by atoms with Gasteiger partial charge in [0.05, 0.1) is 0 Å². The molecule has 0 aromatic carbocycles. The van der Waals surface area contributed by atoms with Crippen LogP contribution in [-0.4, -0.2) is 30.5 Å². The predicted octanol–water partition coefficient (Wildman–Crippen LogP) is 1.00. The van der Waals surface area contributed by atoms with Gasteiger partial charge in [0.1, 0.15) is 20.9 Å². The number of hydrogen-bond acceptors (Lipinski definition) is 5. The lowest BCUT2D eigenvalue weighted by atomic mass is 10.2. The van der Waals surface area contributed by atoms with Crippen LogP contribution in [-0.2, 0) is 9.84 Å². The van der Waals surface area contributed by atoms with E-state index in [4.69, 9.17) is 0 Å². The fourth-order valence-electron chi connectivity index (χ4n) is 1.06. The van der Waals surface area contributed by atoms with E-state index >= 15 is 0 Å². The van der Waals surface area contributed by atoms with Crippen molar-refractivity contribution in [1.29, 1.82) is 0 Å². The van der Waals surface area contributed by atoms with Crippen LogP contribution in [0.15, 0.2) is 11.6 Å². The van der Waals surface area contributed by atoms with Crippen molar-refractivity contribution in [3.8, 4) is 0 Å². The highest BCUT2D eigenvalue weighted by atomic mass is 32.2. The molecule has 0 saturated heterocycles. The Bertz CT molecular complexity index is 358. The molecule has 1 N–H and O–H groups in total. The molecule has 0 fully saturated rings. The number of sulfone groups is 1. The van der Waals surface area contributed by atoms with Gasteiger partial charge in [0.2, 0.25) is 0 Å². The van der Waals surface area contributed by atoms with Gasteiger partial charge in [-0.1, -0.05) is 0 Å². The Labute approximate surface area is 87.5 Å². The third-order valence-electron chi connectivity index (χ3n) is 1.73. The molecule has 0 bridgehead atoms. The van der Waals surface area contributed by atoms with Crippen LogP contribution in [0, 0.1) is 0 Å². The quantitative estimate of drug-likeness (QED) is 0.826. The highest BCUT2D eigenvalue weighted by molar-refractivity contribution is 7.90. The molecule has 4 nitrogen and oxygen atoms in total. The first-order valence-electron chi connectivity index (χ1n) is 4.24. The summed E-state index contributed by atoms with van der Waals surface area (Å²) >= 11 is 1.38. The molecule has 1 rings (SSSR count). The Hall–Kier alpha value is -0.460. The number of aromatic nitrogens is 1. The Morgan fingerprint density at radius 1 is 1.64 bits per heavy atom. The zero-order valence-electron chi connectivity index (χ0n) is 7.88. The number of rotatable bonds is 5. The maximum atomic E-state index is 10.8. The Morgan fingerprint density at radius 2 is 2.36 bits per heavy atom. The predicted molar refractivity (Wildman–Crippen MR) is 56.0 cm³/mol. The molecule has 0 radical (unpaired) electrons. The monoisotopic (exact) mass is 235 g/mol. The molecular formula is C8H13NO3S2. The summed E-state index contributed by atoms with van der Waals surface area (Å²) in [6, 6.07) is 0. The van der Waals surface area contributed by atoms with Crippen molar-refractivity contribution in [2.75, 3.05) is 12.0 Å². The largest absolute Gasteiger partial charge is 0.386 e. The summed E-state index contributed by atoms with van der Waals surface area (Å²) in [5, 5.41) is 12.0. The van der Waals surface area contributed by atoms with Gasteiger partial charge in [0, 0.05) is 23.6 Å². The SMILES string of the molecule is CS(=O)(=O)CCCC(O)c1nccs1. The zero-order valence-corrected chi connectivity index (χ0v) is 9.51. The average molecular weight is 235 g/mol. The highest BCUT2D eigenvalue weighted by Crippen LogP contribution is 2.20. The third kappa shape index (κ3) is 4.17. The molecular weight excluding hydrogens is 222 g/mol. The van der Waals surface area contributed by atoms with Gasteiger partial charge in [0.15, 0.2) is 0 Å². The van der Waals surface area contributed by atoms with E-state index in [0.717, 1.165) is 0 Å². The van der Waals surface area contributed by atoms with Gasteiger partial charge in [-0.15, -0.1) is 11.3 Å². The van der Waals surface area contributed by atoms with Gasteiger partial charge >= 0.3 is 0 Å². The van der Waals surface area contributed by atoms with E-state index in [1.807, 2.05) is 0 Å². The van der Waals surface area contributed by atoms with Crippen LogP contribution in [0.25, 0.3) is 0 Å². The first-order chi connectivity index (χ1) is 6.49. The lowest BCUT2D eigenvalue weighted by molar-refractivity contribution is 0.166. The van der Waals surface area contributed by atoms with Crippen LogP contribution in [0.1, 0.15) is 24.0 Å². The number of aliphatic hydroxyl groups is 1. The van der Waals surface area contributed by atoms with E-state index < -0.39 is 15.9 Å². The molecule has 1 heterocycles. The third-order valence-corrected chi connectivity index (χ3v) is 3.64. The second-order valence-corrected chi connectivity index (χ2v) is 6.34. The van der Waals surface area contributed by atoms with E-state index in [-0.39, 0.29) is 5.75 Å². The molecule has 14 heavy (non-hydrogen) atoms. The zero-order chi connectivity index (χ0) is 10.6. The summed E-state index contributed by atoms with van der Waals surface area (Å²) < 4.78 is 21.6. The van der Waals surface area contributed by atoms with Gasteiger partial charge in [0.25, 0.3) is 0 Å². The summed E-state index contributed by atoms with van der Waals surface area (Å²) in [5.74, 6) is 0.120. The lowest BCUT2D eigenvalue weighted by Crippen LogP contribution is -2.05. The van der Waals surface area contributed by atoms with Crippen LogP contribution < -0.4 is 0 Å². The standard InChI is InChI=1S/C8H13NO3S2/c1-14(11,12)6-2-3-7(10)8-9-4-5-13-8/h4-5,7,10H,2-3,6H2,1H3. The molecule has 80 valence electrons. The van der Waals surface area contributed by atoms with Gasteiger partial charge in [-0.3, -0.25) is 0 Å². The topological polar surface area (TPSA) is 67.3 Å². The smallest absolute Gasteiger partial charge is 0.147 e. The fourth-order valence-corrected chi connectivity index (χ4v) is 2.41. The average Bonchev–Trinajstić information content (AvgIpc) is 2.53. The van der Waals surface area contributed by atoms with Crippen molar-refractivity contribution >= 4 is 21.2 Å². The minimum atomic E-state index is -2.92. The van der Waals surface area contributed by atoms with Gasteiger partial charge in [-0.05, 0) is 12.8 Å². The Kier molecular flexibility index (Phi) is 4.03. The van der Waals surface area contributed by atoms with Crippen LogP contribution >= 0.6 is 11.3 Å². The molecule has 6 heteroatoms. The van der Waals surface area contributed by atoms with E-state index in [0.29, 0.717) is 17.8 Å². The first kappa shape index (κ1) is 11.6. The maximum absolute atomic E-state index is 10.8. The number of hydrogen-bond donors (Lipinski definition) is 1. The summed E-state index contributed by atoms with van der Waals surface area (Å²) in [7, 11) is -2.92. The van der Waals surface area contributed by atoms with Crippen molar-refractivity contribution in [3.63, 3.8) is 0 Å². The number of nitrogens with zero attached hydrogens (tertiary/aromatic N) is 1. The molecule has 0 saturated carbocycles. The highest BCUT2D eigenvalue weighted by Gasteiger charge is 2.11. The molecule has 0 amide bonds. The normalized spacial score (nSPS) is 14.1. The van der Waals surface area contributed by atoms with Crippen LogP contribution in [0.2, 0.25) is 0 Å². The minimum Gasteiger partial charge on any atom is -0.386 e. The molecule has 0 aliphatic heterocycles. The fraction of sp³-hybridized carbons (Fsp3) is 0.625. The summed E-state index contributed by atoms with van der Waals surface area (Å²) in [5.41, 5.74) is 0. The Morgan fingerprint density at radius 3 is 2.86 bits per heavy atom. The van der Waals surface area contributed by atoms with E-state index in [2.05, 4.69) is 4.98 Å². The second kappa shape index (κ2) is 4.86. The molecule has 1 atom stereocenters. The summed E-state index contributed by atoms with van der Waals surface area (Å²) in [4.78, 5) is 3.95. The maximum Gasteiger partial charge on any atom is 0.147 e. The van der Waals surface area contributed by atoms with Crippen molar-refractivity contribution in [2.24, 2.45) is 0 Å². The van der Waals surface area contributed by atoms with Crippen LogP contribution in [0.5, 0.6) is 0 Å². The lowest BCUT2D eigenvalue weighted by Gasteiger charge is -2.05. The number of aliphatic hydroxyl groups excluding tert-OH is 1. The first-order valence-corrected chi connectivity index (χ1v) is 7.18. The number of thiazole rings is 1. The van der Waals surface area contributed by atoms with E-state index in [9.17, 15) is 13.5 Å². The van der Waals surface area contributed by atoms with E-state index in [1.165, 1.54) is 17.6 Å². The second-order valence-electron chi connectivity index (χ2n) is 3.16. The van der Waals surface area contributed by atoms with Crippen LogP contribution in [0.4, 0.5) is 0 Å². The van der Waals surface area contributed by atoms with E-state index in [1.54, 1.807) is 11.6 Å². The van der Waals surface area contributed by atoms with Crippen molar-refractivity contribution in [3.05, 3.63) is 16.6 Å². The van der Waals surface area contributed by atoms with Gasteiger partial charge < -0.3 is 5.11 Å². The molecule has 0 aliphatic rings. The van der Waals surface area contributed by atoms with Gasteiger partial charge in [-0.2, -0.15) is 0 Å². The molecule has 0 aliphatic carbocycles. The van der Waals surface area contributed by atoms with Crippen molar-refractivity contribution in [2.45, 2.75) is 18.9 Å². The van der Waals surface area contributed by atoms with Crippen LogP contribution in [0.3, 0.4) is 0 Å². The summed E-state index contributed by atoms with van der Waals surface area (Å²) in [6.45, 7) is 0. The van der Waals surface area contributed by atoms with Gasteiger partial charge in [-0.25, -0.2) is 13.4 Å². The molecule has 0 spiro atoms. The molecule has 1 aromatic heterocycles. The van der Waals surface area contributed by atoms with Crippen molar-refractivity contribution in [1.82, 2.24) is 4.98 Å².